The summed E-state index contributed by atoms with van der Waals surface area (Å²) in [6.07, 6.45) is 1.24. The molecule has 0 radical (unpaired) electrons. The summed E-state index contributed by atoms with van der Waals surface area (Å²) in [5, 5.41) is 5.52. The van der Waals surface area contributed by atoms with Gasteiger partial charge in [0.05, 0.1) is 6.04 Å². The van der Waals surface area contributed by atoms with E-state index in [9.17, 15) is 0 Å². The lowest BCUT2D eigenvalue weighted by molar-refractivity contribution is 0.458. The molecule has 17 heavy (non-hydrogen) atoms. The minimum absolute atomic E-state index is 0.359. The molecule has 1 saturated heterocycles. The van der Waals surface area contributed by atoms with Gasteiger partial charge in [-0.15, -0.1) is 0 Å². The van der Waals surface area contributed by atoms with Crippen LogP contribution in [0.3, 0.4) is 0 Å². The number of fused-ring (bicyclic) bond motifs is 1. The minimum Gasteiger partial charge on any atom is -0.459 e. The number of hydrogen-bond acceptors (Lipinski definition) is 3. The van der Waals surface area contributed by atoms with Crippen molar-refractivity contribution in [3.05, 3.63) is 36.1 Å². The monoisotopic (exact) mass is 247 g/mol. The van der Waals surface area contributed by atoms with Crippen molar-refractivity contribution in [2.75, 3.05) is 12.3 Å². The molecule has 0 spiro atoms. The van der Waals surface area contributed by atoms with Gasteiger partial charge in [0.1, 0.15) is 11.3 Å². The maximum Gasteiger partial charge on any atom is 0.134 e. The molecule has 2 unspecified atom stereocenters. The molecule has 0 saturated carbocycles. The first-order chi connectivity index (χ1) is 8.33. The third-order valence-corrected chi connectivity index (χ3v) is 4.61. The summed E-state index contributed by atoms with van der Waals surface area (Å²) in [7, 11) is 0. The highest BCUT2D eigenvalue weighted by molar-refractivity contribution is 7.99. The van der Waals surface area contributed by atoms with Crippen molar-refractivity contribution in [2.45, 2.75) is 24.6 Å². The molecule has 1 aliphatic heterocycles. The fraction of sp³-hybridized carbons (Fsp3) is 0.429. The Hall–Kier alpha value is -0.930. The standard InChI is InChI=1S/C14H17NOS/c1-10-6-7-15-12(9-17-10)14-8-11-4-2-3-5-13(11)16-14/h2-5,8,10,12,15H,6-7,9H2,1H3. The first-order valence-electron chi connectivity index (χ1n) is 6.16. The molecule has 2 aromatic rings. The molecule has 1 fully saturated rings. The van der Waals surface area contributed by atoms with Crippen molar-refractivity contribution in [1.29, 1.82) is 0 Å². The van der Waals surface area contributed by atoms with Gasteiger partial charge < -0.3 is 9.73 Å². The Bertz CT molecular complexity index is 475. The Balaban J connectivity index is 1.87. The van der Waals surface area contributed by atoms with Crippen LogP contribution in [0.25, 0.3) is 11.0 Å². The van der Waals surface area contributed by atoms with E-state index < -0.39 is 0 Å². The first-order valence-corrected chi connectivity index (χ1v) is 7.21. The lowest BCUT2D eigenvalue weighted by Gasteiger charge is -2.11. The van der Waals surface area contributed by atoms with E-state index in [1.54, 1.807) is 0 Å². The van der Waals surface area contributed by atoms with E-state index in [0.29, 0.717) is 6.04 Å². The van der Waals surface area contributed by atoms with Gasteiger partial charge in [0.25, 0.3) is 0 Å². The molecule has 0 bridgehead atoms. The molecular formula is C14H17NOS. The molecule has 2 atom stereocenters. The number of benzene rings is 1. The molecule has 3 rings (SSSR count). The summed E-state index contributed by atoms with van der Waals surface area (Å²) in [6.45, 7) is 3.38. The highest BCUT2D eigenvalue weighted by Gasteiger charge is 2.20. The van der Waals surface area contributed by atoms with Gasteiger partial charge in [0, 0.05) is 16.4 Å². The van der Waals surface area contributed by atoms with Crippen LogP contribution in [0.4, 0.5) is 0 Å². The summed E-state index contributed by atoms with van der Waals surface area (Å²) in [5.41, 5.74) is 0.992. The van der Waals surface area contributed by atoms with Crippen LogP contribution in [0.5, 0.6) is 0 Å². The second kappa shape index (κ2) is 4.75. The molecule has 90 valence electrons. The lowest BCUT2D eigenvalue weighted by Crippen LogP contribution is -2.21. The van der Waals surface area contributed by atoms with E-state index in [2.05, 4.69) is 30.4 Å². The zero-order chi connectivity index (χ0) is 11.7. The molecule has 3 heteroatoms. The Morgan fingerprint density at radius 3 is 3.12 bits per heavy atom. The smallest absolute Gasteiger partial charge is 0.134 e. The van der Waals surface area contributed by atoms with E-state index in [4.69, 9.17) is 4.42 Å². The van der Waals surface area contributed by atoms with Crippen LogP contribution in [-0.2, 0) is 0 Å². The highest BCUT2D eigenvalue weighted by atomic mass is 32.2. The van der Waals surface area contributed by atoms with E-state index >= 15 is 0 Å². The van der Waals surface area contributed by atoms with Gasteiger partial charge in [-0.05, 0) is 25.1 Å². The molecular weight excluding hydrogens is 230 g/mol. The van der Waals surface area contributed by atoms with Crippen LogP contribution >= 0.6 is 11.8 Å². The number of rotatable bonds is 1. The number of thioether (sulfide) groups is 1. The molecule has 0 amide bonds. The van der Waals surface area contributed by atoms with Gasteiger partial charge in [0.15, 0.2) is 0 Å². The minimum atomic E-state index is 0.359. The van der Waals surface area contributed by atoms with Crippen molar-refractivity contribution >= 4 is 22.7 Å². The number of furan rings is 1. The topological polar surface area (TPSA) is 25.2 Å². The lowest BCUT2D eigenvalue weighted by atomic mass is 10.2. The fourth-order valence-corrected chi connectivity index (χ4v) is 3.31. The van der Waals surface area contributed by atoms with E-state index in [0.717, 1.165) is 28.9 Å². The Labute approximate surface area is 106 Å². The summed E-state index contributed by atoms with van der Waals surface area (Å²) >= 11 is 2.03. The second-order valence-corrected chi connectivity index (χ2v) is 6.10. The van der Waals surface area contributed by atoms with Crippen molar-refractivity contribution < 1.29 is 4.42 Å². The quantitative estimate of drug-likeness (QED) is 0.833. The van der Waals surface area contributed by atoms with Crippen molar-refractivity contribution in [3.8, 4) is 0 Å². The normalized spacial score (nSPS) is 25.9. The predicted molar refractivity (Wildman–Crippen MR) is 73.5 cm³/mol. The fourth-order valence-electron chi connectivity index (χ4n) is 2.22. The zero-order valence-electron chi connectivity index (χ0n) is 9.98. The Morgan fingerprint density at radius 2 is 2.24 bits per heavy atom. The van der Waals surface area contributed by atoms with Gasteiger partial charge in [-0.1, -0.05) is 25.1 Å². The number of hydrogen-bond donors (Lipinski definition) is 1. The van der Waals surface area contributed by atoms with Crippen LogP contribution in [-0.4, -0.2) is 17.5 Å². The largest absolute Gasteiger partial charge is 0.459 e. The van der Waals surface area contributed by atoms with Crippen LogP contribution in [0.2, 0.25) is 0 Å². The third-order valence-electron chi connectivity index (χ3n) is 3.28. The average Bonchev–Trinajstić information content (AvgIpc) is 2.65. The second-order valence-electron chi connectivity index (χ2n) is 4.63. The van der Waals surface area contributed by atoms with Gasteiger partial charge in [0.2, 0.25) is 0 Å². The number of nitrogens with one attached hydrogen (secondary N) is 1. The number of para-hydroxylation sites is 1. The Kier molecular flexibility index (Phi) is 3.12. The maximum atomic E-state index is 5.92. The van der Waals surface area contributed by atoms with E-state index in [-0.39, 0.29) is 0 Å². The molecule has 1 aromatic carbocycles. The van der Waals surface area contributed by atoms with E-state index in [1.165, 1.54) is 11.8 Å². The summed E-state index contributed by atoms with van der Waals surface area (Å²) in [6, 6.07) is 10.7. The molecule has 2 heterocycles. The molecule has 0 aliphatic carbocycles. The van der Waals surface area contributed by atoms with Crippen LogP contribution in [0.1, 0.15) is 25.1 Å². The maximum absolute atomic E-state index is 5.92. The highest BCUT2D eigenvalue weighted by Crippen LogP contribution is 2.29. The van der Waals surface area contributed by atoms with Gasteiger partial charge in [-0.2, -0.15) is 11.8 Å². The van der Waals surface area contributed by atoms with Crippen LogP contribution in [0.15, 0.2) is 34.7 Å². The molecule has 1 aliphatic rings. The zero-order valence-corrected chi connectivity index (χ0v) is 10.8. The van der Waals surface area contributed by atoms with Crippen molar-refractivity contribution in [1.82, 2.24) is 5.32 Å². The van der Waals surface area contributed by atoms with Crippen LogP contribution < -0.4 is 5.32 Å². The third kappa shape index (κ3) is 2.35. The first kappa shape index (κ1) is 11.2. The average molecular weight is 247 g/mol. The van der Waals surface area contributed by atoms with Crippen LogP contribution in [0, 0.1) is 0 Å². The molecule has 1 N–H and O–H groups in total. The van der Waals surface area contributed by atoms with Crippen molar-refractivity contribution in [2.24, 2.45) is 0 Å². The van der Waals surface area contributed by atoms with E-state index in [1.807, 2.05) is 23.9 Å². The summed E-state index contributed by atoms with van der Waals surface area (Å²) < 4.78 is 5.92. The van der Waals surface area contributed by atoms with Gasteiger partial charge in [-0.25, -0.2) is 0 Å². The summed E-state index contributed by atoms with van der Waals surface area (Å²) in [5.74, 6) is 2.17. The van der Waals surface area contributed by atoms with Gasteiger partial charge >= 0.3 is 0 Å². The SMILES string of the molecule is CC1CCNC(c2cc3ccccc3o2)CS1. The predicted octanol–water partition coefficient (Wildman–Crippen LogP) is 3.59. The summed E-state index contributed by atoms with van der Waals surface area (Å²) in [4.78, 5) is 0. The van der Waals surface area contributed by atoms with Crippen molar-refractivity contribution in [3.63, 3.8) is 0 Å². The molecule has 1 aromatic heterocycles. The molecule has 2 nitrogen and oxygen atoms in total. The van der Waals surface area contributed by atoms with Gasteiger partial charge in [-0.3, -0.25) is 0 Å². The Morgan fingerprint density at radius 1 is 1.35 bits per heavy atom.